The number of carbonyl (C=O) groups is 2. The number of hydroxylamine groups is 1. The highest BCUT2D eigenvalue weighted by molar-refractivity contribution is 6.30. The zero-order valence-electron chi connectivity index (χ0n) is 20.5. The van der Waals surface area contributed by atoms with E-state index in [0.717, 1.165) is 16.7 Å². The third kappa shape index (κ3) is 9.44. The fraction of sp³-hybridized carbons (Fsp3) is 0.250. The highest BCUT2D eigenvalue weighted by Crippen LogP contribution is 2.17. The molecule has 1 aromatic heterocycles. The average molecular weight is 524 g/mol. The summed E-state index contributed by atoms with van der Waals surface area (Å²) in [7, 11) is 1.50. The van der Waals surface area contributed by atoms with Gasteiger partial charge in [-0.2, -0.15) is 0 Å². The second-order valence-corrected chi connectivity index (χ2v) is 8.87. The average Bonchev–Trinajstić information content (AvgIpc) is 2.92. The summed E-state index contributed by atoms with van der Waals surface area (Å²) in [4.78, 5) is 29.5. The molecular weight excluding hydrogens is 494 g/mol. The van der Waals surface area contributed by atoms with Crippen LogP contribution < -0.4 is 10.8 Å². The molecule has 0 bridgehead atoms. The molecule has 3 N–H and O–H groups in total. The summed E-state index contributed by atoms with van der Waals surface area (Å²) in [5, 5.41) is 12.9. The Morgan fingerprint density at radius 2 is 1.73 bits per heavy atom. The Balaban J connectivity index is 1.67. The second kappa shape index (κ2) is 14.9. The van der Waals surface area contributed by atoms with Crippen LogP contribution in [0.25, 0.3) is 12.2 Å². The molecule has 2 amide bonds. The molecule has 2 atom stereocenters. The van der Waals surface area contributed by atoms with Gasteiger partial charge in [0.25, 0.3) is 5.91 Å². The van der Waals surface area contributed by atoms with Crippen molar-refractivity contribution in [1.29, 1.82) is 0 Å². The fourth-order valence-corrected chi connectivity index (χ4v) is 3.87. The molecule has 9 heteroatoms. The fourth-order valence-electron chi connectivity index (χ4n) is 3.74. The summed E-state index contributed by atoms with van der Waals surface area (Å²) in [6.45, 7) is 0.171. The molecule has 1 heterocycles. The molecule has 0 radical (unpaired) electrons. The second-order valence-electron chi connectivity index (χ2n) is 8.43. The smallest absolute Gasteiger partial charge is 0.251 e. The van der Waals surface area contributed by atoms with E-state index in [9.17, 15) is 14.8 Å². The Labute approximate surface area is 221 Å². The zero-order valence-corrected chi connectivity index (χ0v) is 21.2. The van der Waals surface area contributed by atoms with Gasteiger partial charge in [-0.15, -0.1) is 0 Å². The van der Waals surface area contributed by atoms with E-state index in [1.54, 1.807) is 36.1 Å². The van der Waals surface area contributed by atoms with Gasteiger partial charge in [-0.3, -0.25) is 19.8 Å². The third-order valence-electron chi connectivity index (χ3n) is 5.62. The van der Waals surface area contributed by atoms with E-state index in [1.807, 2.05) is 54.6 Å². The van der Waals surface area contributed by atoms with Gasteiger partial charge in [0.1, 0.15) is 6.79 Å². The van der Waals surface area contributed by atoms with E-state index in [2.05, 4.69) is 10.3 Å². The largest absolute Gasteiger partial charge is 0.359 e. The number of amides is 2. The summed E-state index contributed by atoms with van der Waals surface area (Å²) in [5.41, 5.74) is 4.97. The number of nitrogens with one attached hydrogen (secondary N) is 2. The van der Waals surface area contributed by atoms with Crippen molar-refractivity contribution >= 4 is 35.6 Å². The van der Waals surface area contributed by atoms with E-state index >= 15 is 0 Å². The van der Waals surface area contributed by atoms with E-state index in [0.29, 0.717) is 17.0 Å². The van der Waals surface area contributed by atoms with Crippen LogP contribution in [0, 0.1) is 5.92 Å². The monoisotopic (exact) mass is 523 g/mol. The molecule has 3 rings (SSSR count). The standard InChI is InChI=1S/C28H30ClN3O5/c1-36-19-37-18-26(16-24(28(34)32-35)15-22-3-2-14-30-17-22)31-27(33)23-10-6-20(7-11-23)4-5-21-8-12-25(29)13-9-21/h2-14,17,24,26,35H,15-16,18-19H2,1H3,(H,31,33)(H,32,34)/t24-,26-/m0/s1. The lowest BCUT2D eigenvalue weighted by atomic mass is 9.92. The summed E-state index contributed by atoms with van der Waals surface area (Å²) in [5.74, 6) is -1.47. The number of benzene rings is 2. The number of methoxy groups -OCH3 is 1. The van der Waals surface area contributed by atoms with Gasteiger partial charge in [-0.05, 0) is 59.9 Å². The van der Waals surface area contributed by atoms with Crippen LogP contribution >= 0.6 is 11.6 Å². The molecule has 0 aliphatic heterocycles. The molecule has 0 unspecified atom stereocenters. The Morgan fingerprint density at radius 3 is 2.32 bits per heavy atom. The first-order valence-corrected chi connectivity index (χ1v) is 12.1. The number of rotatable bonds is 13. The normalized spacial score (nSPS) is 12.7. The minimum Gasteiger partial charge on any atom is -0.359 e. The third-order valence-corrected chi connectivity index (χ3v) is 5.87. The Kier molecular flexibility index (Phi) is 11.3. The Morgan fingerprint density at radius 1 is 1.05 bits per heavy atom. The number of halogens is 1. The van der Waals surface area contributed by atoms with Crippen LogP contribution in [-0.2, 0) is 20.7 Å². The van der Waals surface area contributed by atoms with Gasteiger partial charge in [-0.1, -0.05) is 54.1 Å². The topological polar surface area (TPSA) is 110 Å². The lowest BCUT2D eigenvalue weighted by Gasteiger charge is -2.23. The van der Waals surface area contributed by atoms with Gasteiger partial charge in [0.2, 0.25) is 5.91 Å². The number of pyridine rings is 1. The Hall–Kier alpha value is -3.56. The highest BCUT2D eigenvalue weighted by Gasteiger charge is 2.25. The van der Waals surface area contributed by atoms with Crippen LogP contribution in [0.1, 0.15) is 33.5 Å². The van der Waals surface area contributed by atoms with E-state index in [1.165, 1.54) is 7.11 Å². The molecule has 0 aliphatic carbocycles. The van der Waals surface area contributed by atoms with E-state index < -0.39 is 17.9 Å². The molecular formula is C28H30ClN3O5. The van der Waals surface area contributed by atoms with E-state index in [4.69, 9.17) is 21.1 Å². The van der Waals surface area contributed by atoms with Crippen molar-refractivity contribution < 1.29 is 24.3 Å². The van der Waals surface area contributed by atoms with Crippen molar-refractivity contribution in [3.63, 3.8) is 0 Å². The lowest BCUT2D eigenvalue weighted by molar-refractivity contribution is -0.134. The number of carbonyl (C=O) groups excluding carboxylic acids is 2. The first-order chi connectivity index (χ1) is 18.0. The van der Waals surface area contributed by atoms with Gasteiger partial charge < -0.3 is 14.8 Å². The predicted octanol–water partition coefficient (Wildman–Crippen LogP) is 4.38. The van der Waals surface area contributed by atoms with Crippen LogP contribution in [0.3, 0.4) is 0 Å². The minimum atomic E-state index is -0.619. The summed E-state index contributed by atoms with van der Waals surface area (Å²) in [6, 6.07) is 17.8. The van der Waals surface area contributed by atoms with E-state index in [-0.39, 0.29) is 25.7 Å². The lowest BCUT2D eigenvalue weighted by Crippen LogP contribution is -2.42. The molecule has 8 nitrogen and oxygen atoms in total. The SMILES string of the molecule is COCOC[C@H](C[C@H](Cc1cccnc1)C(=O)NO)NC(=O)c1ccc(C=Cc2ccc(Cl)cc2)cc1. The van der Waals surface area contributed by atoms with Crippen LogP contribution in [0.2, 0.25) is 5.02 Å². The number of aromatic nitrogens is 1. The molecule has 0 saturated carbocycles. The number of ether oxygens (including phenoxy) is 2. The molecule has 0 fully saturated rings. The summed E-state index contributed by atoms with van der Waals surface area (Å²) in [6.07, 6.45) is 7.79. The molecule has 2 aromatic carbocycles. The molecule has 0 spiro atoms. The van der Waals surface area contributed by atoms with Crippen molar-refractivity contribution in [2.75, 3.05) is 20.5 Å². The van der Waals surface area contributed by atoms with Crippen LogP contribution in [0.5, 0.6) is 0 Å². The molecule has 0 saturated heterocycles. The number of hydrogen-bond acceptors (Lipinski definition) is 6. The molecule has 3 aromatic rings. The van der Waals surface area contributed by atoms with Crippen LogP contribution in [-0.4, -0.2) is 48.6 Å². The first-order valence-electron chi connectivity index (χ1n) is 11.7. The molecule has 37 heavy (non-hydrogen) atoms. The zero-order chi connectivity index (χ0) is 26.5. The van der Waals surface area contributed by atoms with Crippen molar-refractivity contribution in [2.45, 2.75) is 18.9 Å². The maximum Gasteiger partial charge on any atom is 0.251 e. The maximum absolute atomic E-state index is 13.0. The van der Waals surface area contributed by atoms with Gasteiger partial charge in [0, 0.05) is 36.0 Å². The maximum atomic E-state index is 13.0. The van der Waals surface area contributed by atoms with Gasteiger partial charge in [0.05, 0.1) is 12.6 Å². The van der Waals surface area contributed by atoms with Crippen molar-refractivity contribution in [2.24, 2.45) is 5.92 Å². The Bertz CT molecular complexity index is 1150. The number of nitrogens with zero attached hydrogens (tertiary/aromatic N) is 1. The molecule has 194 valence electrons. The van der Waals surface area contributed by atoms with Crippen LogP contribution in [0.4, 0.5) is 0 Å². The summed E-state index contributed by atoms with van der Waals surface area (Å²) < 4.78 is 10.4. The van der Waals surface area contributed by atoms with Gasteiger partial charge in [0.15, 0.2) is 0 Å². The van der Waals surface area contributed by atoms with Crippen molar-refractivity contribution in [3.8, 4) is 0 Å². The van der Waals surface area contributed by atoms with Gasteiger partial charge in [-0.25, -0.2) is 5.48 Å². The predicted molar refractivity (Wildman–Crippen MR) is 142 cm³/mol. The van der Waals surface area contributed by atoms with Crippen LogP contribution in [0.15, 0.2) is 73.1 Å². The van der Waals surface area contributed by atoms with Gasteiger partial charge >= 0.3 is 0 Å². The number of hydrogen-bond donors (Lipinski definition) is 3. The highest BCUT2D eigenvalue weighted by atomic mass is 35.5. The van der Waals surface area contributed by atoms with Crippen molar-refractivity contribution in [1.82, 2.24) is 15.8 Å². The minimum absolute atomic E-state index is 0.0422. The summed E-state index contributed by atoms with van der Waals surface area (Å²) >= 11 is 5.92. The van der Waals surface area contributed by atoms with Crippen molar-refractivity contribution in [3.05, 3.63) is 100 Å². The first kappa shape index (κ1) is 28.0. The quantitative estimate of drug-likeness (QED) is 0.101. The molecule has 0 aliphatic rings.